The summed E-state index contributed by atoms with van der Waals surface area (Å²) < 4.78 is 0. The number of aryl methyl sites for hydroxylation is 2. The molecule has 2 saturated heterocycles. The topological polar surface area (TPSA) is 52.7 Å². The largest absolute Gasteiger partial charge is 0.324 e. The van der Waals surface area contributed by atoms with E-state index in [4.69, 9.17) is 0 Å². The van der Waals surface area contributed by atoms with Crippen LogP contribution < -0.4 is 10.2 Å². The molecule has 2 heterocycles. The number of hydrogen-bond acceptors (Lipinski definition) is 3. The van der Waals surface area contributed by atoms with Crippen LogP contribution in [-0.4, -0.2) is 40.6 Å². The Labute approximate surface area is 176 Å². The summed E-state index contributed by atoms with van der Waals surface area (Å²) in [4.78, 5) is 29.1. The number of urea groups is 1. The van der Waals surface area contributed by atoms with Crippen molar-refractivity contribution in [3.05, 3.63) is 59.7 Å². The van der Waals surface area contributed by atoms with Crippen LogP contribution in [-0.2, 0) is 11.2 Å². The molecule has 6 heteroatoms. The highest BCUT2D eigenvalue weighted by molar-refractivity contribution is 8.02. The number of para-hydroxylation sites is 1. The van der Waals surface area contributed by atoms with Crippen molar-refractivity contribution in [3.8, 4) is 0 Å². The summed E-state index contributed by atoms with van der Waals surface area (Å²) in [6.07, 6.45) is 2.43. The molecule has 0 unspecified atom stereocenters. The second kappa shape index (κ2) is 8.11. The van der Waals surface area contributed by atoms with Gasteiger partial charge in [0.15, 0.2) is 0 Å². The molecule has 1 N–H and O–H groups in total. The summed E-state index contributed by atoms with van der Waals surface area (Å²) in [6.45, 7) is 5.42. The van der Waals surface area contributed by atoms with E-state index >= 15 is 0 Å². The number of carbonyl (C=O) groups is 2. The molecule has 152 valence electrons. The van der Waals surface area contributed by atoms with E-state index in [2.05, 4.69) is 18.3 Å². The van der Waals surface area contributed by atoms with Crippen LogP contribution in [0, 0.1) is 6.92 Å². The maximum absolute atomic E-state index is 12.8. The minimum absolute atomic E-state index is 0.0582. The van der Waals surface area contributed by atoms with E-state index < -0.39 is 0 Å². The number of nitrogens with one attached hydrogen (secondary N) is 1. The average molecular weight is 410 g/mol. The molecule has 5 nitrogen and oxygen atoms in total. The van der Waals surface area contributed by atoms with Gasteiger partial charge in [0.2, 0.25) is 5.91 Å². The Bertz CT molecular complexity index is 922. The van der Waals surface area contributed by atoms with Crippen molar-refractivity contribution in [3.63, 3.8) is 0 Å². The molecule has 0 atom stereocenters. The first-order chi connectivity index (χ1) is 14.0. The second-order valence-corrected chi connectivity index (χ2v) is 9.07. The molecule has 2 aromatic carbocycles. The van der Waals surface area contributed by atoms with Crippen molar-refractivity contribution >= 4 is 35.1 Å². The van der Waals surface area contributed by atoms with Crippen molar-refractivity contribution in [2.24, 2.45) is 0 Å². The third-order valence-electron chi connectivity index (χ3n) is 5.85. The van der Waals surface area contributed by atoms with Gasteiger partial charge in [0, 0.05) is 24.5 Å². The Morgan fingerprint density at radius 3 is 2.62 bits per heavy atom. The van der Waals surface area contributed by atoms with Gasteiger partial charge in [0.1, 0.15) is 0 Å². The number of likely N-dealkylation sites (tertiary alicyclic amines) is 1. The number of rotatable bonds is 3. The van der Waals surface area contributed by atoms with Gasteiger partial charge in [-0.25, -0.2) is 4.79 Å². The molecule has 2 fully saturated rings. The fraction of sp³-hybridized carbons (Fsp3) is 0.391. The van der Waals surface area contributed by atoms with E-state index in [1.807, 2.05) is 59.2 Å². The molecule has 1 spiro atoms. The van der Waals surface area contributed by atoms with Gasteiger partial charge < -0.3 is 10.2 Å². The Kier molecular flexibility index (Phi) is 5.54. The predicted octanol–water partition coefficient (Wildman–Crippen LogP) is 4.66. The van der Waals surface area contributed by atoms with Crippen molar-refractivity contribution in [1.82, 2.24) is 4.90 Å². The zero-order valence-electron chi connectivity index (χ0n) is 17.0. The maximum Gasteiger partial charge on any atom is 0.321 e. The Balaban J connectivity index is 1.46. The van der Waals surface area contributed by atoms with Gasteiger partial charge in [-0.1, -0.05) is 37.3 Å². The van der Waals surface area contributed by atoms with Gasteiger partial charge in [-0.05, 0) is 55.5 Å². The van der Waals surface area contributed by atoms with E-state index in [0.717, 1.165) is 41.8 Å². The molecule has 0 radical (unpaired) electrons. The molecule has 2 aromatic rings. The minimum Gasteiger partial charge on any atom is -0.324 e. The van der Waals surface area contributed by atoms with Gasteiger partial charge in [0.25, 0.3) is 0 Å². The Hall–Kier alpha value is -2.47. The number of piperidine rings is 1. The third-order valence-corrected chi connectivity index (χ3v) is 7.37. The summed E-state index contributed by atoms with van der Waals surface area (Å²) in [5.41, 5.74) is 4.13. The average Bonchev–Trinajstić information content (AvgIpc) is 3.04. The van der Waals surface area contributed by atoms with Gasteiger partial charge in [0.05, 0.1) is 10.6 Å². The fourth-order valence-corrected chi connectivity index (χ4v) is 5.60. The van der Waals surface area contributed by atoms with Gasteiger partial charge in [-0.15, -0.1) is 11.8 Å². The Morgan fingerprint density at radius 1 is 1.14 bits per heavy atom. The Morgan fingerprint density at radius 2 is 1.90 bits per heavy atom. The summed E-state index contributed by atoms with van der Waals surface area (Å²) in [7, 11) is 0. The molecule has 0 aliphatic carbocycles. The molecule has 0 aromatic heterocycles. The summed E-state index contributed by atoms with van der Waals surface area (Å²) >= 11 is 1.72. The van der Waals surface area contributed by atoms with Gasteiger partial charge in [-0.2, -0.15) is 0 Å². The van der Waals surface area contributed by atoms with Crippen LogP contribution in [0.1, 0.15) is 30.9 Å². The predicted molar refractivity (Wildman–Crippen MR) is 119 cm³/mol. The van der Waals surface area contributed by atoms with Crippen molar-refractivity contribution < 1.29 is 9.59 Å². The zero-order valence-corrected chi connectivity index (χ0v) is 17.8. The van der Waals surface area contributed by atoms with Crippen molar-refractivity contribution in [2.75, 3.05) is 29.1 Å². The smallest absolute Gasteiger partial charge is 0.321 e. The first-order valence-corrected chi connectivity index (χ1v) is 11.2. The van der Waals surface area contributed by atoms with E-state index in [-0.39, 0.29) is 16.8 Å². The highest BCUT2D eigenvalue weighted by Gasteiger charge is 2.49. The van der Waals surface area contributed by atoms with Crippen molar-refractivity contribution in [1.29, 1.82) is 0 Å². The maximum atomic E-state index is 12.8. The normalized spacial score (nSPS) is 18.3. The van der Waals surface area contributed by atoms with Crippen LogP contribution in [0.15, 0.2) is 48.5 Å². The lowest BCUT2D eigenvalue weighted by molar-refractivity contribution is -0.116. The molecule has 0 saturated carbocycles. The SMILES string of the molecule is CCc1ccccc1NC(=O)N1CCC2(CC1)SCC(=O)N2c1cccc(C)c1. The van der Waals surface area contributed by atoms with E-state index in [0.29, 0.717) is 18.8 Å². The standard InChI is InChI=1S/C23H27N3O2S/c1-3-18-8-4-5-10-20(18)24-22(28)25-13-11-23(12-14-25)26(21(27)16-29-23)19-9-6-7-17(2)15-19/h4-10,15H,3,11-14,16H2,1-2H3,(H,24,28). The molecular weight excluding hydrogens is 382 g/mol. The molecule has 2 aliphatic heterocycles. The second-order valence-electron chi connectivity index (χ2n) is 7.73. The van der Waals surface area contributed by atoms with Gasteiger partial charge >= 0.3 is 6.03 Å². The van der Waals surface area contributed by atoms with Crippen LogP contribution in [0.3, 0.4) is 0 Å². The molecule has 29 heavy (non-hydrogen) atoms. The lowest BCUT2D eigenvalue weighted by atomic mass is 10.0. The summed E-state index contributed by atoms with van der Waals surface area (Å²) in [5, 5.41) is 3.07. The quantitative estimate of drug-likeness (QED) is 0.802. The lowest BCUT2D eigenvalue weighted by Crippen LogP contribution is -2.53. The number of benzene rings is 2. The van der Waals surface area contributed by atoms with E-state index in [1.165, 1.54) is 0 Å². The molecule has 3 amide bonds. The van der Waals surface area contributed by atoms with Crippen LogP contribution in [0.5, 0.6) is 0 Å². The molecule has 2 aliphatic rings. The van der Waals surface area contributed by atoms with E-state index in [1.54, 1.807) is 11.8 Å². The number of nitrogens with zero attached hydrogens (tertiary/aromatic N) is 2. The fourth-order valence-electron chi connectivity index (χ4n) is 4.27. The van der Waals surface area contributed by atoms with Crippen molar-refractivity contribution in [2.45, 2.75) is 38.0 Å². The highest BCUT2D eigenvalue weighted by atomic mass is 32.2. The molecule has 0 bridgehead atoms. The minimum atomic E-state index is -0.247. The molecule has 4 rings (SSSR count). The van der Waals surface area contributed by atoms with Crippen LogP contribution in [0.2, 0.25) is 0 Å². The summed E-state index contributed by atoms with van der Waals surface area (Å²) in [6, 6.07) is 16.0. The van der Waals surface area contributed by atoms with Crippen LogP contribution in [0.25, 0.3) is 0 Å². The number of thioether (sulfide) groups is 1. The number of hydrogen-bond donors (Lipinski definition) is 1. The first kappa shape index (κ1) is 19.8. The lowest BCUT2D eigenvalue weighted by Gasteiger charge is -2.44. The van der Waals surface area contributed by atoms with E-state index in [9.17, 15) is 9.59 Å². The first-order valence-electron chi connectivity index (χ1n) is 10.2. The van der Waals surface area contributed by atoms with Crippen LogP contribution >= 0.6 is 11.8 Å². The summed E-state index contributed by atoms with van der Waals surface area (Å²) in [5.74, 6) is 0.666. The highest BCUT2D eigenvalue weighted by Crippen LogP contribution is 2.46. The monoisotopic (exact) mass is 409 g/mol. The number of carbonyl (C=O) groups excluding carboxylic acids is 2. The zero-order chi connectivity index (χ0) is 20.4. The number of anilines is 2. The number of amides is 3. The molecular formula is C23H27N3O2S. The van der Waals surface area contributed by atoms with Crippen LogP contribution in [0.4, 0.5) is 16.2 Å². The third kappa shape index (κ3) is 3.86. The van der Waals surface area contributed by atoms with Gasteiger partial charge in [-0.3, -0.25) is 9.69 Å².